The highest BCUT2D eigenvalue weighted by Crippen LogP contribution is 2.22. The van der Waals surface area contributed by atoms with Gasteiger partial charge in [-0.1, -0.05) is 9.59 Å². The minimum atomic E-state index is 0.649. The summed E-state index contributed by atoms with van der Waals surface area (Å²) >= 11 is 1.20. The number of anilines is 2. The lowest BCUT2D eigenvalue weighted by molar-refractivity contribution is 0.561. The Morgan fingerprint density at radius 2 is 2.31 bits per heavy atom. The Hall–Kier alpha value is -2.02. The number of nitrogens with one attached hydrogen (secondary N) is 1. The molecule has 1 N–H and O–H groups in total. The molecule has 7 heteroatoms. The van der Waals surface area contributed by atoms with Gasteiger partial charge in [0.2, 0.25) is 5.13 Å². The van der Waals surface area contributed by atoms with Gasteiger partial charge in [-0.2, -0.15) is 0 Å². The van der Waals surface area contributed by atoms with Crippen LogP contribution in [-0.2, 0) is 0 Å². The largest absolute Gasteiger partial charge is 0.441 e. The van der Waals surface area contributed by atoms with Gasteiger partial charge in [0.15, 0.2) is 11.5 Å². The number of nitrogens with zero attached hydrogens (tertiary/aromatic N) is 4. The van der Waals surface area contributed by atoms with E-state index in [4.69, 9.17) is 4.42 Å². The fourth-order valence-corrected chi connectivity index (χ4v) is 1.81. The topological polar surface area (TPSA) is 76.7 Å². The fourth-order valence-electron chi connectivity index (χ4n) is 1.42. The number of rotatable bonds is 2. The molecule has 0 amide bonds. The Labute approximate surface area is 94.5 Å². The van der Waals surface area contributed by atoms with Crippen LogP contribution in [0.3, 0.4) is 0 Å². The molecule has 2 aromatic heterocycles. The van der Waals surface area contributed by atoms with Crippen LogP contribution < -0.4 is 5.32 Å². The van der Waals surface area contributed by atoms with Crippen molar-refractivity contribution in [3.63, 3.8) is 0 Å². The standard InChI is InChI=1S/C9H7N5OS/c1-5-10-7-3-2-6(4-8(7)15-5)11-9-12-13-14-16-9/h2-4H,1H3,(H,11,12,14). The van der Waals surface area contributed by atoms with E-state index in [0.29, 0.717) is 11.0 Å². The fraction of sp³-hybridized carbons (Fsp3) is 0.111. The van der Waals surface area contributed by atoms with Gasteiger partial charge in [-0.3, -0.25) is 0 Å². The van der Waals surface area contributed by atoms with Gasteiger partial charge in [0.05, 0.1) is 0 Å². The highest BCUT2D eigenvalue weighted by molar-refractivity contribution is 7.09. The third-order valence-corrected chi connectivity index (χ3v) is 2.56. The first-order valence-electron chi connectivity index (χ1n) is 4.60. The maximum atomic E-state index is 5.43. The molecule has 2 heterocycles. The molecule has 16 heavy (non-hydrogen) atoms. The lowest BCUT2D eigenvalue weighted by Crippen LogP contribution is -1.88. The molecule has 0 fully saturated rings. The van der Waals surface area contributed by atoms with Crippen LogP contribution in [0.2, 0.25) is 0 Å². The predicted molar refractivity (Wildman–Crippen MR) is 59.7 cm³/mol. The summed E-state index contributed by atoms with van der Waals surface area (Å²) in [5.74, 6) is 0.657. The summed E-state index contributed by atoms with van der Waals surface area (Å²) in [4.78, 5) is 4.22. The maximum Gasteiger partial charge on any atom is 0.229 e. The van der Waals surface area contributed by atoms with Crippen LogP contribution in [0.4, 0.5) is 10.8 Å². The normalized spacial score (nSPS) is 10.8. The molecule has 0 aliphatic heterocycles. The van der Waals surface area contributed by atoms with Gasteiger partial charge in [-0.25, -0.2) is 4.98 Å². The van der Waals surface area contributed by atoms with Crippen molar-refractivity contribution in [3.8, 4) is 0 Å². The first-order valence-corrected chi connectivity index (χ1v) is 5.38. The number of hydrogen-bond donors (Lipinski definition) is 1. The second-order valence-corrected chi connectivity index (χ2v) is 3.94. The molecule has 0 aliphatic rings. The second-order valence-electron chi connectivity index (χ2n) is 3.21. The molecule has 0 saturated heterocycles. The summed E-state index contributed by atoms with van der Waals surface area (Å²) in [6, 6.07) is 5.67. The highest BCUT2D eigenvalue weighted by Gasteiger charge is 2.04. The zero-order valence-corrected chi connectivity index (χ0v) is 9.15. The molecule has 0 bridgehead atoms. The van der Waals surface area contributed by atoms with Crippen molar-refractivity contribution in [1.82, 2.24) is 19.8 Å². The number of hydrogen-bond acceptors (Lipinski definition) is 7. The molecule has 0 aliphatic carbocycles. The first kappa shape index (κ1) is 9.22. The van der Waals surface area contributed by atoms with Crippen LogP contribution in [0.5, 0.6) is 0 Å². The first-order chi connectivity index (χ1) is 7.81. The molecule has 0 unspecified atom stereocenters. The molecule has 1 aromatic carbocycles. The Balaban J connectivity index is 1.98. The van der Waals surface area contributed by atoms with Crippen molar-refractivity contribution in [1.29, 1.82) is 0 Å². The van der Waals surface area contributed by atoms with E-state index in [2.05, 4.69) is 25.1 Å². The Bertz CT molecular complexity index is 618. The van der Waals surface area contributed by atoms with E-state index in [1.54, 1.807) is 0 Å². The number of aryl methyl sites for hydroxylation is 1. The summed E-state index contributed by atoms with van der Waals surface area (Å²) in [5.41, 5.74) is 2.47. The predicted octanol–water partition coefficient (Wildman–Crippen LogP) is 2.13. The zero-order chi connectivity index (χ0) is 11.0. The van der Waals surface area contributed by atoms with E-state index in [-0.39, 0.29) is 0 Å². The van der Waals surface area contributed by atoms with Gasteiger partial charge in [0, 0.05) is 30.2 Å². The summed E-state index contributed by atoms with van der Waals surface area (Å²) in [7, 11) is 0. The van der Waals surface area contributed by atoms with E-state index in [1.807, 2.05) is 25.1 Å². The molecule has 3 aromatic rings. The summed E-state index contributed by atoms with van der Waals surface area (Å²) in [5, 5.41) is 11.0. The Kier molecular flexibility index (Phi) is 2.03. The van der Waals surface area contributed by atoms with Crippen molar-refractivity contribution in [2.75, 3.05) is 5.32 Å². The number of benzene rings is 1. The van der Waals surface area contributed by atoms with Gasteiger partial charge in [0.1, 0.15) is 5.52 Å². The summed E-state index contributed by atoms with van der Waals surface area (Å²) < 4.78 is 9.10. The van der Waals surface area contributed by atoms with E-state index in [1.165, 1.54) is 11.5 Å². The van der Waals surface area contributed by atoms with Crippen LogP contribution in [0.25, 0.3) is 11.1 Å². The SMILES string of the molecule is Cc1nc2ccc(Nc3nnns3)cc2o1. The molecular weight excluding hydrogens is 226 g/mol. The van der Waals surface area contributed by atoms with E-state index < -0.39 is 0 Å². The molecular formula is C9H7N5OS. The van der Waals surface area contributed by atoms with Gasteiger partial charge >= 0.3 is 0 Å². The third kappa shape index (κ3) is 1.61. The highest BCUT2D eigenvalue weighted by atomic mass is 32.1. The monoisotopic (exact) mass is 233 g/mol. The minimum Gasteiger partial charge on any atom is -0.441 e. The number of oxazole rings is 1. The van der Waals surface area contributed by atoms with Crippen LogP contribution >= 0.6 is 11.5 Å². The van der Waals surface area contributed by atoms with Crippen molar-refractivity contribution in [2.24, 2.45) is 0 Å². The van der Waals surface area contributed by atoms with Crippen molar-refractivity contribution >= 4 is 33.5 Å². The summed E-state index contributed by atoms with van der Waals surface area (Å²) in [6.45, 7) is 1.82. The van der Waals surface area contributed by atoms with E-state index >= 15 is 0 Å². The van der Waals surface area contributed by atoms with Crippen molar-refractivity contribution < 1.29 is 4.42 Å². The Morgan fingerprint density at radius 1 is 1.38 bits per heavy atom. The van der Waals surface area contributed by atoms with Crippen LogP contribution in [-0.4, -0.2) is 19.8 Å². The second kappa shape index (κ2) is 3.53. The van der Waals surface area contributed by atoms with E-state index in [9.17, 15) is 0 Å². The minimum absolute atomic E-state index is 0.649. The third-order valence-electron chi connectivity index (χ3n) is 2.05. The molecule has 0 atom stereocenters. The molecule has 0 spiro atoms. The average Bonchev–Trinajstić information content (AvgIpc) is 2.85. The van der Waals surface area contributed by atoms with Crippen LogP contribution in [0.15, 0.2) is 22.6 Å². The Morgan fingerprint density at radius 3 is 3.12 bits per heavy atom. The van der Waals surface area contributed by atoms with Gasteiger partial charge < -0.3 is 9.73 Å². The van der Waals surface area contributed by atoms with Gasteiger partial charge in [-0.15, -0.1) is 0 Å². The van der Waals surface area contributed by atoms with Crippen LogP contribution in [0.1, 0.15) is 5.89 Å². The van der Waals surface area contributed by atoms with E-state index in [0.717, 1.165) is 16.8 Å². The average molecular weight is 233 g/mol. The number of fused-ring (bicyclic) bond motifs is 1. The van der Waals surface area contributed by atoms with Gasteiger partial charge in [-0.05, 0) is 17.3 Å². The zero-order valence-electron chi connectivity index (χ0n) is 8.34. The molecule has 3 rings (SSSR count). The lowest BCUT2D eigenvalue weighted by Gasteiger charge is -1.99. The molecule has 80 valence electrons. The van der Waals surface area contributed by atoms with Crippen molar-refractivity contribution in [2.45, 2.75) is 6.92 Å². The van der Waals surface area contributed by atoms with Crippen LogP contribution in [0, 0.1) is 6.92 Å². The lowest BCUT2D eigenvalue weighted by atomic mass is 10.3. The summed E-state index contributed by atoms with van der Waals surface area (Å²) in [6.07, 6.45) is 0. The van der Waals surface area contributed by atoms with Gasteiger partial charge in [0.25, 0.3) is 0 Å². The molecule has 0 saturated carbocycles. The number of aromatic nitrogens is 4. The molecule has 6 nitrogen and oxygen atoms in total. The quantitative estimate of drug-likeness (QED) is 0.730. The molecule has 0 radical (unpaired) electrons. The van der Waals surface area contributed by atoms with Crippen molar-refractivity contribution in [3.05, 3.63) is 24.1 Å². The smallest absolute Gasteiger partial charge is 0.229 e. The maximum absolute atomic E-state index is 5.43.